The molecule has 1 aliphatic heterocycles. The van der Waals surface area contributed by atoms with Gasteiger partial charge >= 0.3 is 38.4 Å². The van der Waals surface area contributed by atoms with Crippen molar-refractivity contribution >= 4 is 38.4 Å². The number of carbonyl (C=O) groups is 2. The fourth-order valence-corrected chi connectivity index (χ4v) is 20.5. The van der Waals surface area contributed by atoms with E-state index >= 15 is 0 Å². The maximum absolute atomic E-state index is 12.2. The van der Waals surface area contributed by atoms with Crippen molar-refractivity contribution in [3.05, 3.63) is 0 Å². The maximum atomic E-state index is 12.2. The quantitative estimate of drug-likeness (QED) is 0.174. The van der Waals surface area contributed by atoms with E-state index in [9.17, 15) is 9.59 Å². The van der Waals surface area contributed by atoms with Crippen LogP contribution in [0.1, 0.15) is 19.3 Å². The molecule has 0 aromatic heterocycles. The molecule has 12 nitrogen and oxygen atoms in total. The second-order valence-electron chi connectivity index (χ2n) is 6.64. The third-order valence-corrected chi connectivity index (χ3v) is 20.0. The van der Waals surface area contributed by atoms with Gasteiger partial charge in [0.15, 0.2) is 4.28 Å². The highest BCUT2D eigenvalue weighted by atomic mass is 28.5. The molecule has 0 radical (unpaired) electrons. The van der Waals surface area contributed by atoms with E-state index in [4.69, 9.17) is 44.6 Å². The molecule has 0 N–H and O–H groups in total. The van der Waals surface area contributed by atoms with Crippen molar-refractivity contribution < 1.29 is 54.2 Å². The van der Waals surface area contributed by atoms with E-state index in [1.807, 2.05) is 0 Å². The molecule has 1 fully saturated rings. The second-order valence-corrected chi connectivity index (χ2v) is 17.7. The van der Waals surface area contributed by atoms with E-state index in [2.05, 4.69) is 0 Å². The summed E-state index contributed by atoms with van der Waals surface area (Å²) in [6, 6.07) is 0. The van der Waals surface area contributed by atoms with Gasteiger partial charge in [-0.05, 0) is 12.8 Å². The first-order valence-corrected chi connectivity index (χ1v) is 14.6. The molecule has 0 saturated carbocycles. The lowest BCUT2D eigenvalue weighted by molar-refractivity contribution is -0.153. The van der Waals surface area contributed by atoms with Gasteiger partial charge in [0.05, 0.1) is 12.3 Å². The smallest absolute Gasteiger partial charge is 0.393 e. The number of hydrogen-bond donors (Lipinski definition) is 0. The first-order valence-electron chi connectivity index (χ1n) is 9.39. The average molecular weight is 503 g/mol. The number of cyclic esters (lactones) is 2. The van der Waals surface area contributed by atoms with Gasteiger partial charge in [-0.3, -0.25) is 9.59 Å². The Kier molecular flexibility index (Phi) is 10.6. The van der Waals surface area contributed by atoms with E-state index in [-0.39, 0.29) is 19.3 Å². The third-order valence-electron chi connectivity index (χ3n) is 5.82. The molecule has 0 spiro atoms. The van der Waals surface area contributed by atoms with E-state index in [1.54, 1.807) is 0 Å². The van der Waals surface area contributed by atoms with Crippen molar-refractivity contribution in [3.63, 3.8) is 0 Å². The summed E-state index contributed by atoms with van der Waals surface area (Å²) >= 11 is 0. The van der Waals surface area contributed by atoms with Crippen LogP contribution in [0.25, 0.3) is 0 Å². The summed E-state index contributed by atoms with van der Waals surface area (Å²) in [6.07, 6.45) is 0.176. The van der Waals surface area contributed by atoms with Crippen molar-refractivity contribution in [2.45, 2.75) is 23.5 Å². The summed E-state index contributed by atoms with van der Waals surface area (Å²) in [5.74, 6) is -1.90. The zero-order valence-corrected chi connectivity index (χ0v) is 22.6. The van der Waals surface area contributed by atoms with E-state index < -0.39 is 48.6 Å². The Morgan fingerprint density at radius 2 is 1.03 bits per heavy atom. The van der Waals surface area contributed by atoms with Gasteiger partial charge in [0.1, 0.15) is 0 Å². The van der Waals surface area contributed by atoms with Crippen molar-refractivity contribution in [3.8, 4) is 0 Å². The molecule has 1 aliphatic rings. The van der Waals surface area contributed by atoms with Crippen LogP contribution in [0.3, 0.4) is 0 Å². The van der Waals surface area contributed by atoms with Gasteiger partial charge in [0, 0.05) is 64.0 Å². The summed E-state index contributed by atoms with van der Waals surface area (Å²) < 4.78 is 56.2. The largest absolute Gasteiger partial charge is 0.515 e. The highest BCUT2D eigenvalue weighted by molar-refractivity contribution is 7.02. The molecule has 1 unspecified atom stereocenters. The molecule has 1 heterocycles. The predicted molar refractivity (Wildman–Crippen MR) is 111 cm³/mol. The lowest BCUT2D eigenvalue weighted by Crippen LogP contribution is -2.80. The van der Waals surface area contributed by atoms with Crippen molar-refractivity contribution in [2.24, 2.45) is 5.92 Å². The van der Waals surface area contributed by atoms with Gasteiger partial charge in [-0.2, -0.15) is 0 Å². The first-order chi connectivity index (χ1) is 14.7. The molecule has 0 bridgehead atoms. The van der Waals surface area contributed by atoms with Crippen LogP contribution in [-0.2, 0) is 54.2 Å². The van der Waals surface area contributed by atoms with Crippen LogP contribution in [-0.4, -0.2) is 102 Å². The zero-order chi connectivity index (χ0) is 23.9. The Balaban J connectivity index is 3.91. The second kappa shape index (κ2) is 11.5. The lowest BCUT2D eigenvalue weighted by atomic mass is 10.0. The molecule has 182 valence electrons. The molecule has 0 amide bonds. The van der Waals surface area contributed by atoms with Crippen molar-refractivity contribution in [1.29, 1.82) is 0 Å². The lowest BCUT2D eigenvalue weighted by Gasteiger charge is -2.53. The highest BCUT2D eigenvalue weighted by Gasteiger charge is 2.88. The Morgan fingerprint density at radius 1 is 0.710 bits per heavy atom. The van der Waals surface area contributed by atoms with E-state index in [1.165, 1.54) is 64.0 Å². The molecule has 0 aliphatic carbocycles. The van der Waals surface area contributed by atoms with Gasteiger partial charge < -0.3 is 44.6 Å². The molecule has 15 heteroatoms. The minimum atomic E-state index is -3.87. The number of hydrogen-bond acceptors (Lipinski definition) is 12. The van der Waals surface area contributed by atoms with Crippen LogP contribution in [0.5, 0.6) is 0 Å². The minimum Gasteiger partial charge on any atom is -0.393 e. The molecule has 1 rings (SSSR count). The summed E-state index contributed by atoms with van der Waals surface area (Å²) in [4.78, 5) is 23.8. The Hall–Kier alpha value is -0.569. The topological polar surface area (TPSA) is 126 Å². The third kappa shape index (κ3) is 4.34. The highest BCUT2D eigenvalue weighted by Crippen LogP contribution is 2.59. The summed E-state index contributed by atoms with van der Waals surface area (Å²) in [5.41, 5.74) is 0. The summed E-state index contributed by atoms with van der Waals surface area (Å²) in [5, 5.41) is 0. The molecule has 0 aromatic carbocycles. The van der Waals surface area contributed by atoms with Crippen LogP contribution < -0.4 is 0 Å². The molecule has 0 aromatic rings. The summed E-state index contributed by atoms with van der Waals surface area (Å²) in [6.45, 7) is 0. The number of rotatable bonds is 15. The van der Waals surface area contributed by atoms with E-state index in [0.29, 0.717) is 0 Å². The van der Waals surface area contributed by atoms with Gasteiger partial charge in [-0.1, -0.05) is 0 Å². The first kappa shape index (κ1) is 28.5. The fourth-order valence-electron chi connectivity index (χ4n) is 4.47. The van der Waals surface area contributed by atoms with Crippen LogP contribution >= 0.6 is 0 Å². The maximum Gasteiger partial charge on any atom is 0.515 e. The molecule has 31 heavy (non-hydrogen) atoms. The monoisotopic (exact) mass is 502 g/mol. The Labute approximate surface area is 186 Å². The Bertz CT molecular complexity index is 532. The van der Waals surface area contributed by atoms with Gasteiger partial charge in [0.25, 0.3) is 0 Å². The molecule has 1 atom stereocenters. The van der Waals surface area contributed by atoms with Crippen molar-refractivity contribution in [2.75, 3.05) is 64.0 Å². The van der Waals surface area contributed by atoms with Crippen LogP contribution in [0.15, 0.2) is 0 Å². The van der Waals surface area contributed by atoms with Crippen LogP contribution in [0, 0.1) is 5.92 Å². The zero-order valence-electron chi connectivity index (χ0n) is 19.6. The van der Waals surface area contributed by atoms with E-state index in [0.717, 1.165) is 0 Å². The SMILES string of the molecule is CO[Si](OC)(OC)C(CCC1CC(=O)OC1=O)([Si](OC)(OC)OC)[Si](OC)(OC)OC. The number of ether oxygens (including phenoxy) is 1. The van der Waals surface area contributed by atoms with Crippen LogP contribution in [0.2, 0.25) is 4.28 Å². The predicted octanol–water partition coefficient (Wildman–Crippen LogP) is 0.309. The number of carbonyl (C=O) groups excluding carboxylic acids is 2. The number of esters is 2. The van der Waals surface area contributed by atoms with Crippen molar-refractivity contribution in [1.82, 2.24) is 0 Å². The van der Waals surface area contributed by atoms with Crippen LogP contribution in [0.4, 0.5) is 0 Å². The average Bonchev–Trinajstić information content (AvgIpc) is 3.13. The fraction of sp³-hybridized carbons (Fsp3) is 0.875. The molecular formula is C16H34O12Si3. The normalized spacial score (nSPS) is 18.5. The molecule has 1 saturated heterocycles. The van der Waals surface area contributed by atoms with Gasteiger partial charge in [-0.15, -0.1) is 0 Å². The van der Waals surface area contributed by atoms with Gasteiger partial charge in [0.2, 0.25) is 0 Å². The summed E-state index contributed by atoms with van der Waals surface area (Å²) in [7, 11) is 1.16. The Morgan fingerprint density at radius 3 is 1.26 bits per heavy atom. The van der Waals surface area contributed by atoms with Gasteiger partial charge in [-0.25, -0.2) is 0 Å². The standard InChI is InChI=1S/C16H34O12Si3/c1-19-29(20-2,21-3)16(30(22-4,23-5)24-6,31(25-7,26-8)27-9)11-10-13-12-14(17)28-15(13)18/h13H,10-12H2,1-9H3. The minimum absolute atomic E-state index is 0.0561. The molecular weight excluding hydrogens is 468 g/mol.